The second-order valence-electron chi connectivity index (χ2n) is 3.31. The predicted octanol–water partition coefficient (Wildman–Crippen LogP) is 3.62. The molecule has 0 aliphatic heterocycles. The van der Waals surface area contributed by atoms with E-state index in [0.29, 0.717) is 42.9 Å². The van der Waals surface area contributed by atoms with Gasteiger partial charge in [0.1, 0.15) is 0 Å². The van der Waals surface area contributed by atoms with E-state index in [4.69, 9.17) is 25.8 Å². The van der Waals surface area contributed by atoms with Crippen LogP contribution in [0, 0.1) is 0 Å². The molecule has 0 spiro atoms. The molecule has 0 heterocycles. The number of hydrogen-bond acceptors (Lipinski definition) is 3. The first-order valence-electron chi connectivity index (χ1n) is 5.88. The highest BCUT2D eigenvalue weighted by Crippen LogP contribution is 2.41. The maximum absolute atomic E-state index is 5.89. The van der Waals surface area contributed by atoms with Crippen LogP contribution in [0.25, 0.3) is 0 Å². The molecule has 4 heteroatoms. The van der Waals surface area contributed by atoms with Crippen LogP contribution in [0.15, 0.2) is 12.1 Å². The van der Waals surface area contributed by atoms with Crippen LogP contribution in [0.5, 0.6) is 17.2 Å². The topological polar surface area (TPSA) is 27.7 Å². The van der Waals surface area contributed by atoms with Crippen LogP contribution in [0.2, 0.25) is 0 Å². The average molecular weight is 259 g/mol. The maximum Gasteiger partial charge on any atom is 0.203 e. The Bertz CT molecular complexity index is 353. The van der Waals surface area contributed by atoms with E-state index in [2.05, 4.69) is 0 Å². The van der Waals surface area contributed by atoms with Crippen LogP contribution >= 0.6 is 11.6 Å². The summed E-state index contributed by atoms with van der Waals surface area (Å²) in [6, 6.07) is 3.78. The highest BCUT2D eigenvalue weighted by Gasteiger charge is 2.16. The number of alkyl halides is 1. The van der Waals surface area contributed by atoms with Crippen molar-refractivity contribution in [3.05, 3.63) is 17.7 Å². The van der Waals surface area contributed by atoms with Gasteiger partial charge >= 0.3 is 0 Å². The van der Waals surface area contributed by atoms with E-state index in [0.717, 1.165) is 5.56 Å². The molecule has 0 saturated carbocycles. The molecule has 0 unspecified atom stereocenters. The summed E-state index contributed by atoms with van der Waals surface area (Å²) in [4.78, 5) is 0. The third-order valence-corrected chi connectivity index (χ3v) is 2.47. The van der Waals surface area contributed by atoms with E-state index in [1.54, 1.807) is 0 Å². The monoisotopic (exact) mass is 258 g/mol. The van der Waals surface area contributed by atoms with Crippen LogP contribution in [-0.4, -0.2) is 19.8 Å². The van der Waals surface area contributed by atoms with Crippen molar-refractivity contribution in [1.82, 2.24) is 0 Å². The lowest BCUT2D eigenvalue weighted by Crippen LogP contribution is -2.04. The fourth-order valence-electron chi connectivity index (χ4n) is 1.54. The van der Waals surface area contributed by atoms with Gasteiger partial charge in [-0.1, -0.05) is 6.07 Å². The minimum atomic E-state index is 0.391. The van der Waals surface area contributed by atoms with Gasteiger partial charge in [-0.25, -0.2) is 0 Å². The Morgan fingerprint density at radius 1 is 0.882 bits per heavy atom. The molecular weight excluding hydrogens is 240 g/mol. The fourth-order valence-corrected chi connectivity index (χ4v) is 1.75. The standard InChI is InChI=1S/C13H19ClO3/c1-4-15-11-8-7-10(9-14)12(16-5-2)13(11)17-6-3/h7-8H,4-6,9H2,1-3H3. The van der Waals surface area contributed by atoms with Crippen LogP contribution in [-0.2, 0) is 5.88 Å². The van der Waals surface area contributed by atoms with Crippen molar-refractivity contribution in [2.24, 2.45) is 0 Å². The Morgan fingerprint density at radius 2 is 1.47 bits per heavy atom. The van der Waals surface area contributed by atoms with Crippen LogP contribution < -0.4 is 14.2 Å². The van der Waals surface area contributed by atoms with Gasteiger partial charge in [0.25, 0.3) is 0 Å². The lowest BCUT2D eigenvalue weighted by atomic mass is 10.2. The van der Waals surface area contributed by atoms with E-state index in [1.807, 2.05) is 32.9 Å². The lowest BCUT2D eigenvalue weighted by molar-refractivity contribution is 0.259. The van der Waals surface area contributed by atoms with Gasteiger partial charge in [-0.15, -0.1) is 11.6 Å². The zero-order valence-corrected chi connectivity index (χ0v) is 11.3. The first-order chi connectivity index (χ1) is 8.28. The molecule has 17 heavy (non-hydrogen) atoms. The highest BCUT2D eigenvalue weighted by atomic mass is 35.5. The summed E-state index contributed by atoms with van der Waals surface area (Å²) in [5.74, 6) is 2.43. The number of halogens is 1. The first-order valence-corrected chi connectivity index (χ1v) is 6.42. The van der Waals surface area contributed by atoms with Crippen LogP contribution in [0.1, 0.15) is 26.3 Å². The van der Waals surface area contributed by atoms with Gasteiger partial charge in [0.05, 0.1) is 25.7 Å². The molecule has 0 aliphatic rings. The molecule has 0 amide bonds. The summed E-state index contributed by atoms with van der Waals surface area (Å²) in [6.07, 6.45) is 0. The average Bonchev–Trinajstić information content (AvgIpc) is 2.34. The second-order valence-corrected chi connectivity index (χ2v) is 3.58. The van der Waals surface area contributed by atoms with Crippen molar-refractivity contribution in [3.8, 4) is 17.2 Å². The van der Waals surface area contributed by atoms with Gasteiger partial charge in [0.15, 0.2) is 11.5 Å². The minimum Gasteiger partial charge on any atom is -0.490 e. The van der Waals surface area contributed by atoms with Crippen molar-refractivity contribution >= 4 is 11.6 Å². The third kappa shape index (κ3) is 3.43. The Kier molecular flexibility index (Phi) is 5.98. The molecule has 0 radical (unpaired) electrons. The van der Waals surface area contributed by atoms with E-state index >= 15 is 0 Å². The quantitative estimate of drug-likeness (QED) is 0.699. The van der Waals surface area contributed by atoms with Gasteiger partial charge in [0.2, 0.25) is 5.75 Å². The Morgan fingerprint density at radius 3 is 2.00 bits per heavy atom. The summed E-state index contributed by atoms with van der Waals surface area (Å²) < 4.78 is 16.7. The van der Waals surface area contributed by atoms with Crippen LogP contribution in [0.4, 0.5) is 0 Å². The SMILES string of the molecule is CCOc1ccc(CCl)c(OCC)c1OCC. The maximum atomic E-state index is 5.89. The number of benzene rings is 1. The van der Waals surface area contributed by atoms with Gasteiger partial charge in [-0.05, 0) is 26.8 Å². The van der Waals surface area contributed by atoms with Crippen molar-refractivity contribution in [2.45, 2.75) is 26.7 Å². The third-order valence-electron chi connectivity index (χ3n) is 2.18. The van der Waals surface area contributed by atoms with Gasteiger partial charge in [-0.2, -0.15) is 0 Å². The summed E-state index contributed by atoms with van der Waals surface area (Å²) in [7, 11) is 0. The molecule has 3 nitrogen and oxygen atoms in total. The van der Waals surface area contributed by atoms with Crippen molar-refractivity contribution < 1.29 is 14.2 Å². The largest absolute Gasteiger partial charge is 0.490 e. The van der Waals surface area contributed by atoms with E-state index in [9.17, 15) is 0 Å². The molecule has 0 saturated heterocycles. The van der Waals surface area contributed by atoms with Crippen molar-refractivity contribution in [1.29, 1.82) is 0 Å². The normalized spacial score (nSPS) is 10.1. The van der Waals surface area contributed by atoms with Gasteiger partial charge in [0, 0.05) is 5.56 Å². The van der Waals surface area contributed by atoms with Crippen LogP contribution in [0.3, 0.4) is 0 Å². The van der Waals surface area contributed by atoms with E-state index < -0.39 is 0 Å². The van der Waals surface area contributed by atoms with Crippen molar-refractivity contribution in [3.63, 3.8) is 0 Å². The summed E-state index contributed by atoms with van der Waals surface area (Å²) >= 11 is 5.89. The van der Waals surface area contributed by atoms with Gasteiger partial charge in [-0.3, -0.25) is 0 Å². The summed E-state index contributed by atoms with van der Waals surface area (Å²) in [6.45, 7) is 7.52. The molecule has 0 N–H and O–H groups in total. The zero-order chi connectivity index (χ0) is 12.7. The molecular formula is C13H19ClO3. The Hall–Kier alpha value is -1.09. The van der Waals surface area contributed by atoms with E-state index in [-0.39, 0.29) is 0 Å². The number of hydrogen-bond donors (Lipinski definition) is 0. The summed E-state index contributed by atoms with van der Waals surface area (Å²) in [5.41, 5.74) is 0.917. The Balaban J connectivity index is 3.20. The molecule has 0 aromatic heterocycles. The Labute approximate surface area is 108 Å². The fraction of sp³-hybridized carbons (Fsp3) is 0.538. The highest BCUT2D eigenvalue weighted by molar-refractivity contribution is 6.17. The molecule has 1 aromatic rings. The van der Waals surface area contributed by atoms with Gasteiger partial charge < -0.3 is 14.2 Å². The predicted molar refractivity (Wildman–Crippen MR) is 69.5 cm³/mol. The number of rotatable bonds is 7. The molecule has 0 fully saturated rings. The zero-order valence-electron chi connectivity index (χ0n) is 10.6. The van der Waals surface area contributed by atoms with Crippen molar-refractivity contribution in [2.75, 3.05) is 19.8 Å². The molecule has 0 atom stereocenters. The smallest absolute Gasteiger partial charge is 0.203 e. The lowest BCUT2D eigenvalue weighted by Gasteiger charge is -2.17. The second kappa shape index (κ2) is 7.28. The molecule has 1 aromatic carbocycles. The first kappa shape index (κ1) is 14.0. The number of ether oxygens (including phenoxy) is 3. The minimum absolute atomic E-state index is 0.391. The van der Waals surface area contributed by atoms with E-state index in [1.165, 1.54) is 0 Å². The molecule has 0 aliphatic carbocycles. The summed E-state index contributed by atoms with van der Waals surface area (Å²) in [5, 5.41) is 0. The molecule has 1 rings (SSSR count). The molecule has 96 valence electrons. The molecule has 0 bridgehead atoms.